The summed E-state index contributed by atoms with van der Waals surface area (Å²) in [5.41, 5.74) is 0.735. The normalized spacial score (nSPS) is 17.2. The van der Waals surface area contributed by atoms with Crippen molar-refractivity contribution in [3.63, 3.8) is 0 Å². The third-order valence-corrected chi connectivity index (χ3v) is 2.29. The van der Waals surface area contributed by atoms with Gasteiger partial charge in [-0.05, 0) is 25.7 Å². The number of ether oxygens (including phenoxy) is 1. The minimum atomic E-state index is -0.150. The van der Waals surface area contributed by atoms with Crippen molar-refractivity contribution in [2.75, 3.05) is 6.61 Å². The lowest BCUT2D eigenvalue weighted by molar-refractivity contribution is -0.139. The number of carbonyl (C=O) groups is 1. The summed E-state index contributed by atoms with van der Waals surface area (Å²) in [4.78, 5) is 11.2. The van der Waals surface area contributed by atoms with Gasteiger partial charge >= 0.3 is 5.97 Å². The van der Waals surface area contributed by atoms with Crippen LogP contribution >= 0.6 is 0 Å². The molecule has 0 amide bonds. The summed E-state index contributed by atoms with van der Waals surface area (Å²) in [5.74, 6) is 0.686. The van der Waals surface area contributed by atoms with E-state index >= 15 is 0 Å². The van der Waals surface area contributed by atoms with Gasteiger partial charge in [0.25, 0.3) is 0 Å². The van der Waals surface area contributed by atoms with E-state index in [-0.39, 0.29) is 5.97 Å². The molecule has 0 aromatic rings. The standard InChI is InChI=1S/C11H18O2/c1-3-4-9(2)11(12)13-8-7-10-5-6-10/h4,10H,3,5-8H2,1-2H3/b9-4+. The van der Waals surface area contributed by atoms with E-state index in [9.17, 15) is 4.79 Å². The van der Waals surface area contributed by atoms with Gasteiger partial charge < -0.3 is 4.74 Å². The molecule has 0 spiro atoms. The van der Waals surface area contributed by atoms with Crippen molar-refractivity contribution < 1.29 is 9.53 Å². The second-order valence-electron chi connectivity index (χ2n) is 3.66. The van der Waals surface area contributed by atoms with Crippen molar-refractivity contribution >= 4 is 5.97 Å². The molecule has 0 aromatic carbocycles. The highest BCUT2D eigenvalue weighted by Gasteiger charge is 2.21. The van der Waals surface area contributed by atoms with E-state index in [4.69, 9.17) is 4.74 Å². The molecule has 0 bridgehead atoms. The molecule has 0 N–H and O–H groups in total. The van der Waals surface area contributed by atoms with Crippen LogP contribution in [0.2, 0.25) is 0 Å². The summed E-state index contributed by atoms with van der Waals surface area (Å²) in [7, 11) is 0. The van der Waals surface area contributed by atoms with Gasteiger partial charge in [0.15, 0.2) is 0 Å². The molecule has 0 atom stereocenters. The van der Waals surface area contributed by atoms with Crippen molar-refractivity contribution in [3.05, 3.63) is 11.6 Å². The Morgan fingerprint density at radius 1 is 1.54 bits per heavy atom. The fourth-order valence-corrected chi connectivity index (χ4v) is 1.23. The van der Waals surface area contributed by atoms with Crippen LogP contribution in [0, 0.1) is 5.92 Å². The highest BCUT2D eigenvalue weighted by atomic mass is 16.5. The van der Waals surface area contributed by atoms with E-state index in [2.05, 4.69) is 0 Å². The predicted molar refractivity (Wildman–Crippen MR) is 52.3 cm³/mol. The number of hydrogen-bond donors (Lipinski definition) is 0. The fourth-order valence-electron chi connectivity index (χ4n) is 1.23. The molecule has 0 heterocycles. The molecular weight excluding hydrogens is 164 g/mol. The number of hydrogen-bond acceptors (Lipinski definition) is 2. The maximum atomic E-state index is 11.2. The van der Waals surface area contributed by atoms with Crippen LogP contribution in [0.1, 0.15) is 39.5 Å². The first-order valence-corrected chi connectivity index (χ1v) is 5.08. The Hall–Kier alpha value is -0.790. The van der Waals surface area contributed by atoms with Crippen LogP contribution in [-0.2, 0) is 9.53 Å². The lowest BCUT2D eigenvalue weighted by Gasteiger charge is -2.03. The summed E-state index contributed by atoms with van der Waals surface area (Å²) >= 11 is 0. The maximum absolute atomic E-state index is 11.2. The topological polar surface area (TPSA) is 26.3 Å². The van der Waals surface area contributed by atoms with Crippen LogP contribution < -0.4 is 0 Å². The Labute approximate surface area is 80.0 Å². The number of esters is 1. The van der Waals surface area contributed by atoms with Crippen LogP contribution in [0.25, 0.3) is 0 Å². The van der Waals surface area contributed by atoms with E-state index in [1.165, 1.54) is 12.8 Å². The van der Waals surface area contributed by atoms with Crippen molar-refractivity contribution in [3.8, 4) is 0 Å². The summed E-state index contributed by atoms with van der Waals surface area (Å²) in [6, 6.07) is 0. The highest BCUT2D eigenvalue weighted by molar-refractivity contribution is 5.87. The zero-order valence-corrected chi connectivity index (χ0v) is 8.51. The molecule has 1 fully saturated rings. The molecule has 2 nitrogen and oxygen atoms in total. The van der Waals surface area contributed by atoms with E-state index in [1.807, 2.05) is 19.9 Å². The van der Waals surface area contributed by atoms with Gasteiger partial charge in [0.2, 0.25) is 0 Å². The van der Waals surface area contributed by atoms with Crippen LogP contribution in [-0.4, -0.2) is 12.6 Å². The van der Waals surface area contributed by atoms with E-state index in [0.717, 1.165) is 24.3 Å². The Balaban J connectivity index is 2.11. The van der Waals surface area contributed by atoms with Gasteiger partial charge in [0, 0.05) is 5.57 Å². The smallest absolute Gasteiger partial charge is 0.333 e. The van der Waals surface area contributed by atoms with Crippen molar-refractivity contribution in [1.82, 2.24) is 0 Å². The molecule has 1 rings (SSSR count). The van der Waals surface area contributed by atoms with Gasteiger partial charge in [0.1, 0.15) is 0 Å². The maximum Gasteiger partial charge on any atom is 0.333 e. The Morgan fingerprint density at radius 2 is 2.23 bits per heavy atom. The zero-order valence-electron chi connectivity index (χ0n) is 8.51. The van der Waals surface area contributed by atoms with E-state index < -0.39 is 0 Å². The SMILES string of the molecule is CC/C=C(\C)C(=O)OCCC1CC1. The Morgan fingerprint density at radius 3 is 2.77 bits per heavy atom. The minimum absolute atomic E-state index is 0.150. The quantitative estimate of drug-likeness (QED) is 0.482. The first kappa shape index (κ1) is 10.3. The largest absolute Gasteiger partial charge is 0.462 e. The molecule has 13 heavy (non-hydrogen) atoms. The molecule has 0 unspecified atom stereocenters. The Kier molecular flexibility index (Phi) is 4.00. The third kappa shape index (κ3) is 4.11. The van der Waals surface area contributed by atoms with Crippen LogP contribution in [0.4, 0.5) is 0 Å². The summed E-state index contributed by atoms with van der Waals surface area (Å²) < 4.78 is 5.10. The van der Waals surface area contributed by atoms with Crippen LogP contribution in [0.5, 0.6) is 0 Å². The lowest BCUT2D eigenvalue weighted by Crippen LogP contribution is -2.07. The molecule has 0 radical (unpaired) electrons. The van der Waals surface area contributed by atoms with Gasteiger partial charge in [0.05, 0.1) is 6.61 Å². The first-order chi connectivity index (χ1) is 6.24. The summed E-state index contributed by atoms with van der Waals surface area (Å²) in [6.07, 6.45) is 6.48. The molecule has 0 saturated heterocycles. The fraction of sp³-hybridized carbons (Fsp3) is 0.727. The molecular formula is C11H18O2. The van der Waals surface area contributed by atoms with Crippen molar-refractivity contribution in [2.45, 2.75) is 39.5 Å². The lowest BCUT2D eigenvalue weighted by atomic mass is 10.2. The first-order valence-electron chi connectivity index (χ1n) is 5.08. The van der Waals surface area contributed by atoms with Crippen molar-refractivity contribution in [2.24, 2.45) is 5.92 Å². The number of carbonyl (C=O) groups excluding carboxylic acids is 1. The minimum Gasteiger partial charge on any atom is -0.462 e. The number of rotatable bonds is 5. The van der Waals surface area contributed by atoms with Gasteiger partial charge in [-0.2, -0.15) is 0 Å². The average molecular weight is 182 g/mol. The van der Waals surface area contributed by atoms with Gasteiger partial charge in [-0.15, -0.1) is 0 Å². The molecule has 1 aliphatic rings. The van der Waals surface area contributed by atoms with Gasteiger partial charge in [-0.1, -0.05) is 25.8 Å². The predicted octanol–water partition coefficient (Wildman–Crippen LogP) is 2.69. The van der Waals surface area contributed by atoms with Crippen LogP contribution in [0.15, 0.2) is 11.6 Å². The zero-order chi connectivity index (χ0) is 9.68. The van der Waals surface area contributed by atoms with E-state index in [1.54, 1.807) is 0 Å². The molecule has 1 saturated carbocycles. The summed E-state index contributed by atoms with van der Waals surface area (Å²) in [5, 5.41) is 0. The third-order valence-electron chi connectivity index (χ3n) is 2.29. The van der Waals surface area contributed by atoms with Crippen LogP contribution in [0.3, 0.4) is 0 Å². The van der Waals surface area contributed by atoms with E-state index in [0.29, 0.717) is 6.61 Å². The summed E-state index contributed by atoms with van der Waals surface area (Å²) in [6.45, 7) is 4.42. The average Bonchev–Trinajstić information content (AvgIpc) is 2.88. The Bertz CT molecular complexity index is 202. The molecule has 74 valence electrons. The molecule has 0 aliphatic heterocycles. The molecule has 1 aliphatic carbocycles. The molecule has 2 heteroatoms. The van der Waals surface area contributed by atoms with Gasteiger partial charge in [-0.25, -0.2) is 4.79 Å². The second-order valence-corrected chi connectivity index (χ2v) is 3.66. The monoisotopic (exact) mass is 182 g/mol. The van der Waals surface area contributed by atoms with Gasteiger partial charge in [-0.3, -0.25) is 0 Å². The second kappa shape index (κ2) is 5.05. The highest BCUT2D eigenvalue weighted by Crippen LogP contribution is 2.32. The number of allylic oxidation sites excluding steroid dienone is 1. The molecule has 0 aromatic heterocycles. The van der Waals surface area contributed by atoms with Crippen molar-refractivity contribution in [1.29, 1.82) is 0 Å².